The van der Waals surface area contributed by atoms with Crippen molar-refractivity contribution >= 4 is 35.2 Å². The molecular formula is C39H47NO13. The molecule has 1 aliphatic carbocycles. The Hall–Kier alpha value is -4.92. The number of aliphatic hydroxyl groups is 2. The number of nitrogens with one attached hydrogen (secondary N) is 1. The van der Waals surface area contributed by atoms with Crippen molar-refractivity contribution in [2.75, 3.05) is 7.11 Å². The van der Waals surface area contributed by atoms with Gasteiger partial charge < -0.3 is 39.2 Å². The Labute approximate surface area is 307 Å². The fraction of sp³-hybridized carbons (Fsp3) is 0.487. The van der Waals surface area contributed by atoms with Gasteiger partial charge in [-0.25, -0.2) is 0 Å². The monoisotopic (exact) mass is 737 g/mol. The molecule has 0 saturated carbocycles. The van der Waals surface area contributed by atoms with Crippen LogP contribution in [0.5, 0.6) is 11.5 Å². The second kappa shape index (κ2) is 16.0. The minimum atomic E-state index is -2.07. The lowest BCUT2D eigenvalue weighted by Gasteiger charge is -2.38. The molecule has 0 spiro atoms. The zero-order valence-electron chi connectivity index (χ0n) is 31.5. The molecule has 1 amide bonds. The molecule has 0 fully saturated rings. The van der Waals surface area contributed by atoms with Crippen LogP contribution in [0.3, 0.4) is 0 Å². The quantitative estimate of drug-likeness (QED) is 0.299. The summed E-state index contributed by atoms with van der Waals surface area (Å²) in [6.45, 7) is 13.4. The van der Waals surface area contributed by atoms with Crippen LogP contribution in [0.15, 0.2) is 47.9 Å². The van der Waals surface area contributed by atoms with Crippen molar-refractivity contribution in [1.82, 2.24) is 5.32 Å². The number of hydrogen-bond acceptors (Lipinski definition) is 13. The number of allylic oxidation sites excluding steroid dienone is 4. The second-order valence-corrected chi connectivity index (χ2v) is 14.0. The topological polar surface area (TPSA) is 201 Å². The standard InChI is InChI=1S/C39H47NO13/c1-17-12-11-13-18(2)38(48)40-25-16-26(43)28-29(33(25)46)35(52-24(8)42)22(6)36-30(28)37(47)39(9,53-36)50-15-14-27(49-10)19(3)34(51-23(7)41)21(5)32(45)20(4)31(17)44/h11-17,19-21,27,31-32,34,44-45H,1-10H3,(H,40,48). The predicted molar refractivity (Wildman–Crippen MR) is 189 cm³/mol. The third-order valence-electron chi connectivity index (χ3n) is 10.0. The van der Waals surface area contributed by atoms with Gasteiger partial charge >= 0.3 is 17.7 Å². The van der Waals surface area contributed by atoms with Crippen molar-refractivity contribution in [1.29, 1.82) is 0 Å². The van der Waals surface area contributed by atoms with Gasteiger partial charge in [-0.05, 0) is 19.9 Å². The minimum Gasteiger partial charge on any atom is -0.462 e. The van der Waals surface area contributed by atoms with Crippen LogP contribution in [0.1, 0.15) is 92.0 Å². The van der Waals surface area contributed by atoms with E-state index in [-0.39, 0.29) is 33.8 Å². The number of carbonyl (C=O) groups is 6. The summed E-state index contributed by atoms with van der Waals surface area (Å²) >= 11 is 0. The highest BCUT2D eigenvalue weighted by Crippen LogP contribution is 2.48. The Morgan fingerprint density at radius 2 is 1.55 bits per heavy atom. The molecule has 1 aromatic rings. The van der Waals surface area contributed by atoms with Gasteiger partial charge in [0.25, 0.3) is 11.7 Å². The van der Waals surface area contributed by atoms with Crippen LogP contribution >= 0.6 is 0 Å². The number of hydrogen-bond donors (Lipinski definition) is 3. The molecule has 9 atom stereocenters. The van der Waals surface area contributed by atoms with Gasteiger partial charge in [-0.15, -0.1) is 0 Å². The average molecular weight is 738 g/mol. The summed E-state index contributed by atoms with van der Waals surface area (Å²) in [5.41, 5.74) is -1.26. The highest BCUT2D eigenvalue weighted by molar-refractivity contribution is 6.31. The number of ether oxygens (including phenoxy) is 5. The highest BCUT2D eigenvalue weighted by Gasteiger charge is 2.52. The van der Waals surface area contributed by atoms with E-state index in [1.54, 1.807) is 33.8 Å². The number of carbonyl (C=O) groups excluding carboxylic acids is 6. The lowest BCUT2D eigenvalue weighted by atomic mass is 9.78. The molecule has 286 valence electrons. The van der Waals surface area contributed by atoms with Crippen LogP contribution in [0, 0.1) is 30.6 Å². The van der Waals surface area contributed by atoms with Gasteiger partial charge in [0.2, 0.25) is 5.78 Å². The van der Waals surface area contributed by atoms with E-state index in [1.807, 2.05) is 0 Å². The third-order valence-corrected chi connectivity index (χ3v) is 10.0. The average Bonchev–Trinajstić information content (AvgIpc) is 3.36. The molecule has 0 aromatic heterocycles. The van der Waals surface area contributed by atoms with Crippen LogP contribution in [0.4, 0.5) is 0 Å². The van der Waals surface area contributed by atoms with E-state index in [2.05, 4.69) is 5.32 Å². The molecule has 3 heterocycles. The summed E-state index contributed by atoms with van der Waals surface area (Å²) < 4.78 is 28.7. The van der Waals surface area contributed by atoms with Gasteiger partial charge in [-0.1, -0.05) is 45.9 Å². The number of Topliss-reactive ketones (excluding diaryl/α,β-unsaturated/α-hetero) is 2. The third kappa shape index (κ3) is 8.04. The van der Waals surface area contributed by atoms with Crippen molar-refractivity contribution in [2.24, 2.45) is 23.7 Å². The summed E-state index contributed by atoms with van der Waals surface area (Å²) in [4.78, 5) is 79.4. The molecule has 3 aliphatic heterocycles. The highest BCUT2D eigenvalue weighted by atomic mass is 16.7. The van der Waals surface area contributed by atoms with E-state index in [0.717, 1.165) is 19.3 Å². The van der Waals surface area contributed by atoms with Gasteiger partial charge in [-0.3, -0.25) is 28.8 Å². The molecular weight excluding hydrogens is 690 g/mol. The van der Waals surface area contributed by atoms with Crippen molar-refractivity contribution < 1.29 is 62.7 Å². The maximum absolute atomic E-state index is 14.1. The number of ketones is 3. The Bertz CT molecular complexity index is 1840. The number of amides is 1. The molecule has 4 aliphatic rings. The number of esters is 2. The van der Waals surface area contributed by atoms with Crippen LogP contribution in [0.25, 0.3) is 0 Å². The SMILES string of the molecule is COC1C=COC2(C)Oc3c(C)c(OC(C)=O)c4c(c3C2=O)C(=O)C=C(NC(=O)C(C)=CC=CC(C)C(O)C(C)C(O)C(C)C(OC(C)=O)C1C)C4=O. The number of fused-ring (bicyclic) bond motifs is 14. The summed E-state index contributed by atoms with van der Waals surface area (Å²) in [5.74, 6) is -9.71. The Balaban J connectivity index is 1.88. The first-order chi connectivity index (χ1) is 24.7. The maximum Gasteiger partial charge on any atom is 0.312 e. The number of aliphatic hydroxyl groups excluding tert-OH is 2. The maximum atomic E-state index is 14.1. The molecule has 3 N–H and O–H groups in total. The lowest BCUT2D eigenvalue weighted by Crippen LogP contribution is -2.46. The summed E-state index contributed by atoms with van der Waals surface area (Å²) in [7, 11) is 1.41. The van der Waals surface area contributed by atoms with E-state index in [9.17, 15) is 39.0 Å². The van der Waals surface area contributed by atoms with Gasteiger partial charge in [0.15, 0.2) is 5.78 Å². The van der Waals surface area contributed by atoms with Crippen LogP contribution < -0.4 is 14.8 Å². The van der Waals surface area contributed by atoms with E-state index >= 15 is 0 Å². The zero-order chi connectivity index (χ0) is 39.7. The summed E-state index contributed by atoms with van der Waals surface area (Å²) in [6.07, 6.45) is 4.21. The van der Waals surface area contributed by atoms with Crippen molar-refractivity contribution in [3.05, 3.63) is 70.2 Å². The fourth-order valence-electron chi connectivity index (χ4n) is 6.88. The first kappa shape index (κ1) is 40.8. The largest absolute Gasteiger partial charge is 0.462 e. The van der Waals surface area contributed by atoms with Crippen LogP contribution in [0.2, 0.25) is 0 Å². The number of benzene rings is 1. The molecule has 53 heavy (non-hydrogen) atoms. The zero-order valence-corrected chi connectivity index (χ0v) is 31.5. The van der Waals surface area contributed by atoms with E-state index in [4.69, 9.17) is 23.7 Å². The molecule has 5 rings (SSSR count). The van der Waals surface area contributed by atoms with Crippen LogP contribution in [-0.2, 0) is 28.6 Å². The smallest absolute Gasteiger partial charge is 0.312 e. The second-order valence-electron chi connectivity index (χ2n) is 14.0. The van der Waals surface area contributed by atoms with E-state index in [0.29, 0.717) is 0 Å². The Morgan fingerprint density at radius 3 is 2.15 bits per heavy atom. The molecule has 5 bridgehead atoms. The molecule has 0 radical (unpaired) electrons. The van der Waals surface area contributed by atoms with Crippen molar-refractivity contribution in [2.45, 2.75) is 92.5 Å². The van der Waals surface area contributed by atoms with Crippen LogP contribution in [-0.4, -0.2) is 82.7 Å². The van der Waals surface area contributed by atoms with Gasteiger partial charge in [0.1, 0.15) is 17.6 Å². The lowest BCUT2D eigenvalue weighted by molar-refractivity contribution is -0.160. The summed E-state index contributed by atoms with van der Waals surface area (Å²) in [5, 5.41) is 25.1. The van der Waals surface area contributed by atoms with E-state index in [1.165, 1.54) is 53.0 Å². The molecule has 0 saturated heterocycles. The number of methoxy groups -OCH3 is 1. The van der Waals surface area contributed by atoms with Gasteiger partial charge in [-0.2, -0.15) is 0 Å². The Kier molecular flexibility index (Phi) is 12.3. The minimum absolute atomic E-state index is 0.0600. The van der Waals surface area contributed by atoms with Crippen molar-refractivity contribution in [3.63, 3.8) is 0 Å². The van der Waals surface area contributed by atoms with E-state index < -0.39 is 100 Å². The normalized spacial score (nSPS) is 30.9. The molecule has 9 unspecified atom stereocenters. The summed E-state index contributed by atoms with van der Waals surface area (Å²) in [6, 6.07) is 0. The number of rotatable bonds is 3. The predicted octanol–water partition coefficient (Wildman–Crippen LogP) is 3.85. The fourth-order valence-corrected chi connectivity index (χ4v) is 6.88. The van der Waals surface area contributed by atoms with Gasteiger partial charge in [0.05, 0.1) is 47.0 Å². The first-order valence-electron chi connectivity index (χ1n) is 17.3. The van der Waals surface area contributed by atoms with Gasteiger partial charge in [0, 0.05) is 68.8 Å². The molecule has 14 nitrogen and oxygen atoms in total. The molecule has 1 aromatic carbocycles. The van der Waals surface area contributed by atoms with Crippen molar-refractivity contribution in [3.8, 4) is 11.5 Å². The Morgan fingerprint density at radius 1 is 0.887 bits per heavy atom. The first-order valence-corrected chi connectivity index (χ1v) is 17.3. The molecule has 14 heteroatoms.